The predicted octanol–water partition coefficient (Wildman–Crippen LogP) is 8.23. The molecule has 0 amide bonds. The van der Waals surface area contributed by atoms with E-state index in [1.807, 2.05) is 97.1 Å². The molecule has 236 valence electrons. The van der Waals surface area contributed by atoms with Crippen LogP contribution in [0.25, 0.3) is 22.3 Å². The molecule has 7 N–H and O–H groups in total. The van der Waals surface area contributed by atoms with Crippen LogP contribution in [0.4, 0.5) is 0 Å². The number of rotatable bonds is 12. The van der Waals surface area contributed by atoms with Gasteiger partial charge in [0.2, 0.25) is 0 Å². The summed E-state index contributed by atoms with van der Waals surface area (Å²) in [6.45, 7) is 0.226. The molecule has 0 aliphatic carbocycles. The molecule has 5 aromatic carbocycles. The number of hydrogen-bond acceptors (Lipinski definition) is 6. The van der Waals surface area contributed by atoms with Crippen molar-refractivity contribution in [2.75, 3.05) is 6.54 Å². The molecular weight excluding hydrogens is 625 g/mol. The number of halogens is 2. The first-order chi connectivity index (χ1) is 22.8. The van der Waals surface area contributed by atoms with E-state index in [0.717, 1.165) is 44.5 Å². The minimum atomic E-state index is -0.533. The SMILES string of the molecule is N=C(Cl)/C=C(/Cl)N(N)C[C@H](N)c1ccc(/C=N/C(NC(=N)c2cccc(-c3ccccc3)c2)c2cccc(-c3ccccc3)c2)cc1. The third-order valence-electron chi connectivity index (χ3n) is 7.50. The molecule has 9 heteroatoms. The second-order valence-corrected chi connectivity index (χ2v) is 11.7. The van der Waals surface area contributed by atoms with E-state index in [0.29, 0.717) is 0 Å². The van der Waals surface area contributed by atoms with E-state index >= 15 is 0 Å². The number of hydrogen-bond donors (Lipinski definition) is 5. The highest BCUT2D eigenvalue weighted by Crippen LogP contribution is 2.25. The first-order valence-corrected chi connectivity index (χ1v) is 15.7. The molecule has 0 spiro atoms. The number of nitrogens with one attached hydrogen (secondary N) is 3. The molecule has 0 saturated heterocycles. The Morgan fingerprint density at radius 2 is 1.30 bits per heavy atom. The van der Waals surface area contributed by atoms with Crippen LogP contribution < -0.4 is 16.9 Å². The van der Waals surface area contributed by atoms with Crippen LogP contribution in [0.5, 0.6) is 0 Å². The lowest BCUT2D eigenvalue weighted by Gasteiger charge is -2.22. The van der Waals surface area contributed by atoms with Crippen molar-refractivity contribution in [3.8, 4) is 22.3 Å². The third-order valence-corrected chi connectivity index (χ3v) is 7.94. The van der Waals surface area contributed by atoms with Crippen molar-refractivity contribution in [2.24, 2.45) is 16.6 Å². The Hall–Kier alpha value is -5.05. The van der Waals surface area contributed by atoms with Crippen molar-refractivity contribution in [1.82, 2.24) is 10.3 Å². The van der Waals surface area contributed by atoms with Gasteiger partial charge in [-0.3, -0.25) is 20.8 Å². The van der Waals surface area contributed by atoms with Gasteiger partial charge in [0.1, 0.15) is 22.3 Å². The molecule has 5 rings (SSSR count). The summed E-state index contributed by atoms with van der Waals surface area (Å²) in [5.74, 6) is 6.25. The summed E-state index contributed by atoms with van der Waals surface area (Å²) in [6.07, 6.45) is 2.50. The number of amidine groups is 1. The molecule has 0 radical (unpaired) electrons. The lowest BCUT2D eigenvalue weighted by molar-refractivity contribution is 0.354. The molecule has 2 atom stereocenters. The molecule has 5 aromatic rings. The average Bonchev–Trinajstić information content (AvgIpc) is 3.10. The van der Waals surface area contributed by atoms with Crippen molar-refractivity contribution in [3.05, 3.63) is 167 Å². The van der Waals surface area contributed by atoms with Crippen LogP contribution in [0, 0.1) is 10.8 Å². The molecule has 0 aromatic heterocycles. The van der Waals surface area contributed by atoms with Gasteiger partial charge in [0.25, 0.3) is 0 Å². The molecule has 0 heterocycles. The van der Waals surface area contributed by atoms with E-state index in [1.165, 1.54) is 11.1 Å². The lowest BCUT2D eigenvalue weighted by Crippen LogP contribution is -2.35. The molecule has 0 aliphatic rings. The summed E-state index contributed by atoms with van der Waals surface area (Å²) in [6, 6.07) is 43.7. The highest BCUT2D eigenvalue weighted by molar-refractivity contribution is 6.68. The zero-order valence-electron chi connectivity index (χ0n) is 25.5. The fourth-order valence-electron chi connectivity index (χ4n) is 5.01. The largest absolute Gasteiger partial charge is 0.345 e. The zero-order chi connectivity index (χ0) is 33.2. The molecule has 0 aliphatic heterocycles. The zero-order valence-corrected chi connectivity index (χ0v) is 27.0. The number of aliphatic imine (C=N–C) groups is 1. The maximum absolute atomic E-state index is 9.02. The number of nitrogens with two attached hydrogens (primary N) is 2. The van der Waals surface area contributed by atoms with E-state index in [2.05, 4.69) is 41.7 Å². The minimum absolute atomic E-state index is 0.122. The predicted molar refractivity (Wildman–Crippen MR) is 196 cm³/mol. The molecule has 0 saturated carbocycles. The third kappa shape index (κ3) is 9.25. The minimum Gasteiger partial charge on any atom is -0.345 e. The Bertz CT molecular complexity index is 1870. The number of nitrogens with zero attached hydrogens (tertiary/aromatic N) is 2. The van der Waals surface area contributed by atoms with E-state index in [9.17, 15) is 0 Å². The fourth-order valence-corrected chi connectivity index (χ4v) is 5.35. The van der Waals surface area contributed by atoms with Gasteiger partial charge in [0.15, 0.2) is 0 Å². The topological polar surface area (TPSA) is 127 Å². The fraction of sp³-hybridized carbons (Fsp3) is 0.0789. The van der Waals surface area contributed by atoms with Crippen molar-refractivity contribution < 1.29 is 0 Å². The summed E-state index contributed by atoms with van der Waals surface area (Å²) in [5.41, 5.74) is 14.1. The Labute approximate surface area is 285 Å². The smallest absolute Gasteiger partial charge is 0.145 e. The average molecular weight is 661 g/mol. The van der Waals surface area contributed by atoms with Crippen LogP contribution in [-0.4, -0.2) is 28.8 Å². The summed E-state index contributed by atoms with van der Waals surface area (Å²) in [4.78, 5) is 4.92. The number of allylic oxidation sites excluding steroid dienone is 1. The molecule has 1 unspecified atom stereocenters. The molecule has 0 fully saturated rings. The van der Waals surface area contributed by atoms with Crippen LogP contribution in [-0.2, 0) is 0 Å². The van der Waals surface area contributed by atoms with E-state index in [4.69, 9.17) is 50.6 Å². The Kier molecular flexibility index (Phi) is 11.3. The van der Waals surface area contributed by atoms with E-state index < -0.39 is 12.2 Å². The first-order valence-electron chi connectivity index (χ1n) is 15.0. The van der Waals surface area contributed by atoms with Crippen molar-refractivity contribution in [2.45, 2.75) is 12.2 Å². The van der Waals surface area contributed by atoms with Gasteiger partial charge in [-0.1, -0.05) is 145 Å². The maximum Gasteiger partial charge on any atom is 0.145 e. The molecular formula is C38H35Cl2N7. The quantitative estimate of drug-likeness (QED) is 0.0304. The highest BCUT2D eigenvalue weighted by atomic mass is 35.5. The van der Waals surface area contributed by atoms with Gasteiger partial charge in [-0.15, -0.1) is 0 Å². The van der Waals surface area contributed by atoms with Gasteiger partial charge in [-0.25, -0.2) is 5.84 Å². The van der Waals surface area contributed by atoms with Gasteiger partial charge in [-0.2, -0.15) is 0 Å². The molecule has 47 heavy (non-hydrogen) atoms. The van der Waals surface area contributed by atoms with Crippen LogP contribution in [0.1, 0.15) is 34.5 Å². The highest BCUT2D eigenvalue weighted by Gasteiger charge is 2.15. The Balaban J connectivity index is 1.38. The van der Waals surface area contributed by atoms with Crippen LogP contribution in [0.3, 0.4) is 0 Å². The van der Waals surface area contributed by atoms with Crippen molar-refractivity contribution >= 4 is 40.4 Å². The van der Waals surface area contributed by atoms with Gasteiger partial charge >= 0.3 is 0 Å². The second-order valence-electron chi connectivity index (χ2n) is 10.9. The standard InChI is InChI=1S/C38H35Cl2N7/c39-35(42)23-36(40)47(44)25-34(41)29-19-17-26(18-20-29)24-45-38(33-16-8-14-31(22-33)28-11-5-2-6-12-28)46-37(43)32-15-7-13-30(21-32)27-9-3-1-4-10-27/h1-24,34,38,42H,25,41,44H2,(H2,43,46)/b36-23-,42-35?,45-24+/t34-,38?/m0/s1. The maximum atomic E-state index is 9.02. The van der Waals surface area contributed by atoms with Gasteiger partial charge in [0.05, 0.1) is 6.54 Å². The monoisotopic (exact) mass is 659 g/mol. The van der Waals surface area contributed by atoms with Crippen LogP contribution in [0.15, 0.2) is 150 Å². The number of benzene rings is 5. The summed E-state index contributed by atoms with van der Waals surface area (Å²) >= 11 is 11.7. The summed E-state index contributed by atoms with van der Waals surface area (Å²) < 4.78 is 0. The molecule has 7 nitrogen and oxygen atoms in total. The van der Waals surface area contributed by atoms with Gasteiger partial charge < -0.3 is 11.1 Å². The van der Waals surface area contributed by atoms with Crippen LogP contribution >= 0.6 is 23.2 Å². The van der Waals surface area contributed by atoms with Crippen molar-refractivity contribution in [1.29, 1.82) is 10.8 Å². The van der Waals surface area contributed by atoms with Crippen molar-refractivity contribution in [3.63, 3.8) is 0 Å². The van der Waals surface area contributed by atoms with Crippen LogP contribution in [0.2, 0.25) is 0 Å². The normalized spacial score (nSPS) is 12.8. The second kappa shape index (κ2) is 16.0. The Morgan fingerprint density at radius 1 is 0.723 bits per heavy atom. The first kappa shape index (κ1) is 33.3. The number of hydrazine groups is 1. The summed E-state index contributed by atoms with van der Waals surface area (Å²) in [7, 11) is 0. The van der Waals surface area contributed by atoms with Gasteiger partial charge in [-0.05, 0) is 51.1 Å². The van der Waals surface area contributed by atoms with E-state index in [1.54, 1.807) is 6.21 Å². The lowest BCUT2D eigenvalue weighted by atomic mass is 10.0. The Morgan fingerprint density at radius 3 is 1.91 bits per heavy atom. The van der Waals surface area contributed by atoms with E-state index in [-0.39, 0.29) is 22.7 Å². The molecule has 0 bridgehead atoms. The van der Waals surface area contributed by atoms with Gasteiger partial charge in [0, 0.05) is 23.9 Å². The summed E-state index contributed by atoms with van der Waals surface area (Å²) in [5, 5.41) is 20.9.